The zero-order chi connectivity index (χ0) is 20.1. The van der Waals surface area contributed by atoms with Gasteiger partial charge >= 0.3 is 0 Å². The highest BCUT2D eigenvalue weighted by molar-refractivity contribution is 5.95. The second kappa shape index (κ2) is 13.6. The Morgan fingerprint density at radius 1 is 0.926 bits per heavy atom. The number of carbonyl (C=O) groups excluding carboxylic acids is 1. The summed E-state index contributed by atoms with van der Waals surface area (Å²) in [5, 5.41) is 0. The van der Waals surface area contributed by atoms with E-state index in [0.29, 0.717) is 17.5 Å². The summed E-state index contributed by atoms with van der Waals surface area (Å²) in [7, 11) is 0. The number of rotatable bonds is 14. The van der Waals surface area contributed by atoms with Crippen LogP contribution in [0.4, 0.5) is 5.69 Å². The third-order valence-electron chi connectivity index (χ3n) is 5.71. The number of unbranched alkanes of at least 4 members (excludes halogenated alkanes) is 3. The summed E-state index contributed by atoms with van der Waals surface area (Å²) in [6, 6.07) is 7.45. The van der Waals surface area contributed by atoms with E-state index in [2.05, 4.69) is 32.6 Å². The van der Waals surface area contributed by atoms with Gasteiger partial charge in [0.05, 0.1) is 0 Å². The fourth-order valence-corrected chi connectivity index (χ4v) is 3.74. The molecule has 1 rings (SSSR count). The maximum atomic E-state index is 13.3. The first kappa shape index (κ1) is 23.5. The van der Waals surface area contributed by atoms with Gasteiger partial charge in [-0.2, -0.15) is 0 Å². The van der Waals surface area contributed by atoms with E-state index in [-0.39, 0.29) is 5.91 Å². The van der Waals surface area contributed by atoms with Crippen LogP contribution in [0.2, 0.25) is 0 Å². The van der Waals surface area contributed by atoms with Gasteiger partial charge in [0.25, 0.3) is 5.91 Å². The quantitative estimate of drug-likeness (QED) is 0.297. The highest BCUT2D eigenvalue weighted by Crippen LogP contribution is 2.21. The number of hydrogen-bond donors (Lipinski definition) is 1. The molecule has 1 aromatic rings. The Balaban J connectivity index is 2.90. The van der Waals surface area contributed by atoms with Crippen molar-refractivity contribution in [3.8, 4) is 0 Å². The molecule has 0 bridgehead atoms. The molecule has 0 spiro atoms. The van der Waals surface area contributed by atoms with Crippen LogP contribution < -0.4 is 5.73 Å². The van der Waals surface area contributed by atoms with Crippen molar-refractivity contribution in [1.29, 1.82) is 0 Å². The van der Waals surface area contributed by atoms with Crippen LogP contribution in [0, 0.1) is 11.8 Å². The van der Waals surface area contributed by atoms with Crippen LogP contribution in [0.3, 0.4) is 0 Å². The summed E-state index contributed by atoms with van der Waals surface area (Å²) in [5.74, 6) is 1.32. The third-order valence-corrected chi connectivity index (χ3v) is 5.71. The Morgan fingerprint density at radius 3 is 2.04 bits per heavy atom. The summed E-state index contributed by atoms with van der Waals surface area (Å²) in [4.78, 5) is 15.4. The zero-order valence-electron chi connectivity index (χ0n) is 18.2. The third kappa shape index (κ3) is 8.81. The molecule has 0 radical (unpaired) electrons. The summed E-state index contributed by atoms with van der Waals surface area (Å²) in [6.07, 6.45) is 11.0. The first-order valence-corrected chi connectivity index (χ1v) is 11.2. The number of benzene rings is 1. The van der Waals surface area contributed by atoms with E-state index in [9.17, 15) is 4.79 Å². The highest BCUT2D eigenvalue weighted by atomic mass is 16.2. The SMILES string of the molecule is CCCCCC(CC)CN(CC(CC)CCCC)C(=O)c1cccc(N)c1. The Bertz CT molecular complexity index is 529. The van der Waals surface area contributed by atoms with Gasteiger partial charge in [-0.15, -0.1) is 0 Å². The van der Waals surface area contributed by atoms with Crippen LogP contribution in [-0.2, 0) is 0 Å². The zero-order valence-corrected chi connectivity index (χ0v) is 18.2. The first-order valence-electron chi connectivity index (χ1n) is 11.2. The minimum absolute atomic E-state index is 0.145. The van der Waals surface area contributed by atoms with Crippen LogP contribution in [0.15, 0.2) is 24.3 Å². The van der Waals surface area contributed by atoms with Crippen molar-refractivity contribution >= 4 is 11.6 Å². The van der Waals surface area contributed by atoms with Crippen LogP contribution >= 0.6 is 0 Å². The van der Waals surface area contributed by atoms with E-state index in [0.717, 1.165) is 31.5 Å². The minimum atomic E-state index is 0.145. The maximum absolute atomic E-state index is 13.3. The lowest BCUT2D eigenvalue weighted by Crippen LogP contribution is -2.39. The average Bonchev–Trinajstić information content (AvgIpc) is 2.68. The van der Waals surface area contributed by atoms with Crippen molar-refractivity contribution in [2.45, 2.75) is 85.5 Å². The lowest BCUT2D eigenvalue weighted by atomic mass is 9.95. The fourth-order valence-electron chi connectivity index (χ4n) is 3.74. The van der Waals surface area contributed by atoms with Crippen molar-refractivity contribution in [2.75, 3.05) is 18.8 Å². The predicted molar refractivity (Wildman–Crippen MR) is 118 cm³/mol. The molecule has 2 unspecified atom stereocenters. The summed E-state index contributed by atoms with van der Waals surface area (Å²) >= 11 is 0. The largest absolute Gasteiger partial charge is 0.399 e. The van der Waals surface area contributed by atoms with Crippen LogP contribution in [0.25, 0.3) is 0 Å². The molecule has 0 aliphatic carbocycles. The molecule has 3 nitrogen and oxygen atoms in total. The Kier molecular flexibility index (Phi) is 11.9. The molecular weight excluding hydrogens is 332 g/mol. The second-order valence-electron chi connectivity index (χ2n) is 8.02. The van der Waals surface area contributed by atoms with Crippen LogP contribution in [-0.4, -0.2) is 23.9 Å². The van der Waals surface area contributed by atoms with Crippen LogP contribution in [0.5, 0.6) is 0 Å². The molecule has 3 heteroatoms. The number of hydrogen-bond acceptors (Lipinski definition) is 2. The molecule has 0 aliphatic heterocycles. The number of carbonyl (C=O) groups is 1. The van der Waals surface area contributed by atoms with Gasteiger partial charge in [-0.3, -0.25) is 4.79 Å². The van der Waals surface area contributed by atoms with E-state index in [1.165, 1.54) is 44.9 Å². The van der Waals surface area contributed by atoms with Crippen molar-refractivity contribution in [1.82, 2.24) is 4.90 Å². The maximum Gasteiger partial charge on any atom is 0.253 e. The van der Waals surface area contributed by atoms with Gasteiger partial charge in [0.1, 0.15) is 0 Å². The van der Waals surface area contributed by atoms with Crippen molar-refractivity contribution in [2.24, 2.45) is 11.8 Å². The molecular formula is C24H42N2O. The van der Waals surface area contributed by atoms with Crippen molar-refractivity contribution in [3.05, 3.63) is 29.8 Å². The van der Waals surface area contributed by atoms with E-state index < -0.39 is 0 Å². The van der Waals surface area contributed by atoms with E-state index >= 15 is 0 Å². The molecule has 2 N–H and O–H groups in total. The second-order valence-corrected chi connectivity index (χ2v) is 8.02. The Morgan fingerprint density at radius 2 is 1.52 bits per heavy atom. The molecule has 0 aliphatic rings. The number of anilines is 1. The van der Waals surface area contributed by atoms with Crippen molar-refractivity contribution in [3.63, 3.8) is 0 Å². The summed E-state index contributed by atoms with van der Waals surface area (Å²) < 4.78 is 0. The number of amides is 1. The Labute approximate surface area is 167 Å². The minimum Gasteiger partial charge on any atom is -0.399 e. The van der Waals surface area contributed by atoms with Gasteiger partial charge in [0.2, 0.25) is 0 Å². The molecule has 0 heterocycles. The van der Waals surface area contributed by atoms with E-state index in [1.54, 1.807) is 0 Å². The normalized spacial score (nSPS) is 13.3. The van der Waals surface area contributed by atoms with Crippen molar-refractivity contribution < 1.29 is 4.79 Å². The van der Waals surface area contributed by atoms with Gasteiger partial charge < -0.3 is 10.6 Å². The lowest BCUT2D eigenvalue weighted by Gasteiger charge is -2.31. The van der Waals surface area contributed by atoms with Gasteiger partial charge in [-0.25, -0.2) is 0 Å². The Hall–Kier alpha value is -1.51. The summed E-state index contributed by atoms with van der Waals surface area (Å²) in [6.45, 7) is 10.7. The molecule has 154 valence electrons. The molecule has 0 saturated carbocycles. The molecule has 0 fully saturated rings. The van der Waals surface area contributed by atoms with Gasteiger partial charge in [0, 0.05) is 24.3 Å². The first-order chi connectivity index (χ1) is 13.0. The number of nitrogen functional groups attached to an aromatic ring is 1. The monoisotopic (exact) mass is 374 g/mol. The van der Waals surface area contributed by atoms with E-state index in [4.69, 9.17) is 5.73 Å². The molecule has 27 heavy (non-hydrogen) atoms. The molecule has 1 amide bonds. The van der Waals surface area contributed by atoms with Crippen LogP contribution in [0.1, 0.15) is 95.8 Å². The molecule has 1 aromatic carbocycles. The standard InChI is InChI=1S/C24H42N2O/c1-5-9-11-14-21(8-4)19-26(18-20(7-3)13-10-6-2)24(27)22-15-12-16-23(25)17-22/h12,15-17,20-21H,5-11,13-14,18-19,25H2,1-4H3. The number of nitrogens with zero attached hydrogens (tertiary/aromatic N) is 1. The lowest BCUT2D eigenvalue weighted by molar-refractivity contribution is 0.0684. The number of nitrogens with two attached hydrogens (primary N) is 1. The topological polar surface area (TPSA) is 46.3 Å². The average molecular weight is 375 g/mol. The molecule has 2 atom stereocenters. The molecule has 0 saturated heterocycles. The smallest absolute Gasteiger partial charge is 0.253 e. The summed E-state index contributed by atoms with van der Waals surface area (Å²) in [5.41, 5.74) is 7.31. The van der Waals surface area contributed by atoms with Gasteiger partial charge in [-0.05, 0) is 42.9 Å². The van der Waals surface area contributed by atoms with Gasteiger partial charge in [-0.1, -0.05) is 78.7 Å². The predicted octanol–water partition coefficient (Wildman–Crippen LogP) is 6.53. The fraction of sp³-hybridized carbons (Fsp3) is 0.708. The van der Waals surface area contributed by atoms with E-state index in [1.807, 2.05) is 24.3 Å². The highest BCUT2D eigenvalue weighted by Gasteiger charge is 2.22. The van der Waals surface area contributed by atoms with Gasteiger partial charge in [0.15, 0.2) is 0 Å². The molecule has 0 aromatic heterocycles.